The van der Waals surface area contributed by atoms with Gasteiger partial charge in [0.15, 0.2) is 0 Å². The lowest BCUT2D eigenvalue weighted by atomic mass is 10.2. The standard InChI is InChI=1S/C14H26N2O2/c1-10(2)16-8-11-7-14(11,9-16)15(6)12(17)18-13(3,4)5/h10-11H,7-9H2,1-6H3. The third kappa shape index (κ3) is 2.35. The van der Waals surface area contributed by atoms with E-state index in [2.05, 4.69) is 18.7 Å². The van der Waals surface area contributed by atoms with Crippen LogP contribution in [0.2, 0.25) is 0 Å². The fourth-order valence-corrected chi connectivity index (χ4v) is 2.92. The molecule has 1 amide bonds. The van der Waals surface area contributed by atoms with Gasteiger partial charge in [0.05, 0.1) is 5.54 Å². The zero-order valence-electron chi connectivity index (χ0n) is 12.5. The van der Waals surface area contributed by atoms with Gasteiger partial charge in [-0.2, -0.15) is 0 Å². The molecule has 2 unspecified atom stereocenters. The second-order valence-electron chi connectivity index (χ2n) is 7.07. The molecule has 1 aliphatic carbocycles. The van der Waals surface area contributed by atoms with E-state index in [9.17, 15) is 4.79 Å². The van der Waals surface area contributed by atoms with Crippen LogP contribution in [0, 0.1) is 5.92 Å². The Morgan fingerprint density at radius 2 is 2.06 bits per heavy atom. The molecule has 1 saturated carbocycles. The van der Waals surface area contributed by atoms with Crippen LogP contribution in [0.1, 0.15) is 41.0 Å². The maximum atomic E-state index is 12.1. The summed E-state index contributed by atoms with van der Waals surface area (Å²) in [6, 6.07) is 0.557. The summed E-state index contributed by atoms with van der Waals surface area (Å²) in [7, 11) is 1.89. The Kier molecular flexibility index (Phi) is 3.13. The highest BCUT2D eigenvalue weighted by Crippen LogP contribution is 2.54. The van der Waals surface area contributed by atoms with Crippen LogP contribution in [0.3, 0.4) is 0 Å². The maximum absolute atomic E-state index is 12.1. The smallest absolute Gasteiger partial charge is 0.410 e. The number of hydrogen-bond acceptors (Lipinski definition) is 3. The first-order chi connectivity index (χ1) is 8.16. The van der Waals surface area contributed by atoms with Crippen molar-refractivity contribution >= 4 is 6.09 Å². The van der Waals surface area contributed by atoms with Gasteiger partial charge in [-0.25, -0.2) is 4.79 Å². The highest BCUT2D eigenvalue weighted by Gasteiger charge is 2.64. The Bertz CT molecular complexity index is 348. The minimum Gasteiger partial charge on any atom is -0.444 e. The molecule has 1 saturated heterocycles. The summed E-state index contributed by atoms with van der Waals surface area (Å²) in [6.07, 6.45) is 0.946. The molecule has 2 fully saturated rings. The predicted octanol–water partition coefficient (Wildman–Crippen LogP) is 2.34. The van der Waals surface area contributed by atoms with E-state index < -0.39 is 5.60 Å². The maximum Gasteiger partial charge on any atom is 0.410 e. The Labute approximate surface area is 110 Å². The van der Waals surface area contributed by atoms with Gasteiger partial charge in [-0.3, -0.25) is 4.90 Å². The van der Waals surface area contributed by atoms with Crippen LogP contribution in [0.5, 0.6) is 0 Å². The number of likely N-dealkylation sites (tertiary alicyclic amines) is 1. The second-order valence-corrected chi connectivity index (χ2v) is 7.07. The average molecular weight is 254 g/mol. The molecule has 104 valence electrons. The van der Waals surface area contributed by atoms with Crippen LogP contribution in [0.25, 0.3) is 0 Å². The molecule has 4 nitrogen and oxygen atoms in total. The fraction of sp³-hybridized carbons (Fsp3) is 0.929. The molecule has 0 aromatic heterocycles. The molecule has 4 heteroatoms. The number of piperidine rings is 1. The van der Waals surface area contributed by atoms with Crippen molar-refractivity contribution in [2.75, 3.05) is 20.1 Å². The third-order valence-electron chi connectivity index (χ3n) is 4.20. The molecule has 0 spiro atoms. The van der Waals surface area contributed by atoms with E-state index in [0.29, 0.717) is 12.0 Å². The molecule has 2 atom stereocenters. The van der Waals surface area contributed by atoms with Gasteiger partial charge in [0.2, 0.25) is 0 Å². The van der Waals surface area contributed by atoms with E-state index >= 15 is 0 Å². The van der Waals surface area contributed by atoms with E-state index in [4.69, 9.17) is 4.74 Å². The van der Waals surface area contributed by atoms with Gasteiger partial charge in [0.1, 0.15) is 5.60 Å². The van der Waals surface area contributed by atoms with Crippen LogP contribution >= 0.6 is 0 Å². The van der Waals surface area contributed by atoms with Crippen molar-refractivity contribution in [1.29, 1.82) is 0 Å². The molecule has 1 heterocycles. The van der Waals surface area contributed by atoms with Gasteiger partial charge in [0, 0.05) is 26.2 Å². The first-order valence-electron chi connectivity index (χ1n) is 6.86. The summed E-state index contributed by atoms with van der Waals surface area (Å²) in [4.78, 5) is 16.4. The van der Waals surface area contributed by atoms with Gasteiger partial charge < -0.3 is 9.64 Å². The molecule has 2 rings (SSSR count). The summed E-state index contributed by atoms with van der Waals surface area (Å²) < 4.78 is 5.47. The molecular weight excluding hydrogens is 228 g/mol. The van der Waals surface area contributed by atoms with E-state index in [1.165, 1.54) is 0 Å². The zero-order valence-corrected chi connectivity index (χ0v) is 12.5. The van der Waals surface area contributed by atoms with Crippen molar-refractivity contribution in [3.05, 3.63) is 0 Å². The van der Waals surface area contributed by atoms with E-state index in [-0.39, 0.29) is 11.6 Å². The number of likely N-dealkylation sites (N-methyl/N-ethyl adjacent to an activating group) is 1. The normalized spacial score (nSPS) is 31.4. The molecule has 1 aliphatic heterocycles. The monoisotopic (exact) mass is 254 g/mol. The summed E-state index contributed by atoms with van der Waals surface area (Å²) in [5.41, 5.74) is -0.366. The van der Waals surface area contributed by atoms with Gasteiger partial charge in [-0.05, 0) is 47.0 Å². The quantitative estimate of drug-likeness (QED) is 0.758. The van der Waals surface area contributed by atoms with Crippen molar-refractivity contribution in [2.24, 2.45) is 5.92 Å². The predicted molar refractivity (Wildman–Crippen MR) is 71.5 cm³/mol. The van der Waals surface area contributed by atoms with E-state index in [1.807, 2.05) is 32.7 Å². The zero-order chi connectivity index (χ0) is 13.7. The lowest BCUT2D eigenvalue weighted by molar-refractivity contribution is 0.0177. The number of rotatable bonds is 2. The van der Waals surface area contributed by atoms with Crippen LogP contribution in [0.15, 0.2) is 0 Å². The molecule has 18 heavy (non-hydrogen) atoms. The Balaban J connectivity index is 1.99. The largest absolute Gasteiger partial charge is 0.444 e. The number of nitrogens with zero attached hydrogens (tertiary/aromatic N) is 2. The summed E-state index contributed by atoms with van der Waals surface area (Å²) in [6.45, 7) is 12.3. The minimum atomic E-state index is -0.414. The van der Waals surface area contributed by atoms with Crippen molar-refractivity contribution in [3.63, 3.8) is 0 Å². The number of amides is 1. The van der Waals surface area contributed by atoms with Crippen molar-refractivity contribution < 1.29 is 9.53 Å². The first kappa shape index (κ1) is 13.7. The van der Waals surface area contributed by atoms with Crippen LogP contribution in [0.4, 0.5) is 4.79 Å². The first-order valence-corrected chi connectivity index (χ1v) is 6.86. The Morgan fingerprint density at radius 1 is 1.44 bits per heavy atom. The van der Waals surface area contributed by atoms with Gasteiger partial charge in [0.25, 0.3) is 0 Å². The van der Waals surface area contributed by atoms with Crippen LogP contribution in [-0.4, -0.2) is 53.2 Å². The number of ether oxygens (including phenoxy) is 1. The summed E-state index contributed by atoms with van der Waals surface area (Å²) in [5.74, 6) is 0.636. The van der Waals surface area contributed by atoms with Gasteiger partial charge in [-0.15, -0.1) is 0 Å². The molecular formula is C14H26N2O2. The topological polar surface area (TPSA) is 32.8 Å². The number of hydrogen-bond donors (Lipinski definition) is 0. The highest BCUT2D eigenvalue weighted by molar-refractivity contribution is 5.70. The Hall–Kier alpha value is -0.770. The summed E-state index contributed by atoms with van der Waals surface area (Å²) >= 11 is 0. The molecule has 0 bridgehead atoms. The molecule has 0 N–H and O–H groups in total. The number of fused-ring (bicyclic) bond motifs is 1. The van der Waals surface area contributed by atoms with Crippen molar-refractivity contribution in [3.8, 4) is 0 Å². The third-order valence-corrected chi connectivity index (χ3v) is 4.20. The lowest BCUT2D eigenvalue weighted by Gasteiger charge is -2.32. The van der Waals surface area contributed by atoms with Crippen LogP contribution in [-0.2, 0) is 4.74 Å². The average Bonchev–Trinajstić information content (AvgIpc) is 2.78. The van der Waals surface area contributed by atoms with Gasteiger partial charge >= 0.3 is 6.09 Å². The highest BCUT2D eigenvalue weighted by atomic mass is 16.6. The van der Waals surface area contributed by atoms with Crippen molar-refractivity contribution in [1.82, 2.24) is 9.80 Å². The fourth-order valence-electron chi connectivity index (χ4n) is 2.92. The second kappa shape index (κ2) is 4.12. The van der Waals surface area contributed by atoms with E-state index in [0.717, 1.165) is 19.5 Å². The summed E-state index contributed by atoms with van der Waals surface area (Å²) in [5, 5.41) is 0. The van der Waals surface area contributed by atoms with E-state index in [1.54, 1.807) is 0 Å². The molecule has 0 aromatic carbocycles. The molecule has 0 aromatic rings. The van der Waals surface area contributed by atoms with Crippen molar-refractivity contribution in [2.45, 2.75) is 58.2 Å². The SMILES string of the molecule is CC(C)N1CC2CC2(N(C)C(=O)OC(C)(C)C)C1. The van der Waals surface area contributed by atoms with Gasteiger partial charge in [-0.1, -0.05) is 0 Å². The lowest BCUT2D eigenvalue weighted by Crippen LogP contribution is -2.46. The minimum absolute atomic E-state index is 0.0482. The number of carbonyl (C=O) groups is 1. The number of carbonyl (C=O) groups excluding carboxylic acids is 1. The Morgan fingerprint density at radius 3 is 2.50 bits per heavy atom. The molecule has 2 aliphatic rings. The molecule has 0 radical (unpaired) electrons. The van der Waals surface area contributed by atoms with Crippen LogP contribution < -0.4 is 0 Å².